The molecule has 2 aromatic rings. The summed E-state index contributed by atoms with van der Waals surface area (Å²) >= 11 is 0. The molecule has 0 aliphatic carbocycles. The molecule has 0 radical (unpaired) electrons. The highest BCUT2D eigenvalue weighted by Crippen LogP contribution is 2.33. The Morgan fingerprint density at radius 1 is 1.31 bits per heavy atom. The van der Waals surface area contributed by atoms with Crippen LogP contribution < -0.4 is 0 Å². The van der Waals surface area contributed by atoms with Gasteiger partial charge in [0.1, 0.15) is 11.6 Å². The van der Waals surface area contributed by atoms with Crippen molar-refractivity contribution in [2.24, 2.45) is 5.41 Å². The minimum atomic E-state index is -0.230. The highest BCUT2D eigenvalue weighted by molar-refractivity contribution is 5.75. The van der Waals surface area contributed by atoms with Crippen molar-refractivity contribution < 1.29 is 4.39 Å². The molecule has 1 aromatic heterocycles. The quantitative estimate of drug-likeness (QED) is 0.776. The monoisotopic (exact) mass is 220 g/mol. The van der Waals surface area contributed by atoms with Crippen molar-refractivity contribution in [2.45, 2.75) is 33.6 Å². The lowest BCUT2D eigenvalue weighted by Gasteiger charge is -2.25. The second-order valence-corrected chi connectivity index (χ2v) is 5.37. The fourth-order valence-corrected chi connectivity index (χ4v) is 1.62. The molecule has 0 fully saturated rings. The summed E-state index contributed by atoms with van der Waals surface area (Å²) in [6.07, 6.45) is 0. The Kier molecular flexibility index (Phi) is 2.49. The fraction of sp³-hybridized carbons (Fsp3) is 0.462. The van der Waals surface area contributed by atoms with Gasteiger partial charge in [-0.25, -0.2) is 9.37 Å². The second-order valence-electron chi connectivity index (χ2n) is 5.37. The number of aromatic amines is 1. The van der Waals surface area contributed by atoms with Gasteiger partial charge in [-0.15, -0.1) is 0 Å². The predicted octanol–water partition coefficient (Wildman–Crippen LogP) is 3.85. The average Bonchev–Trinajstić information content (AvgIpc) is 2.57. The molecule has 0 spiro atoms. The molecular formula is C13H17FN2. The van der Waals surface area contributed by atoms with E-state index < -0.39 is 0 Å². The molecule has 0 unspecified atom stereocenters. The summed E-state index contributed by atoms with van der Waals surface area (Å²) in [5.74, 6) is 1.00. The Bertz CT molecular complexity index is 508. The van der Waals surface area contributed by atoms with Crippen LogP contribution in [0.4, 0.5) is 4.39 Å². The molecule has 0 amide bonds. The summed E-state index contributed by atoms with van der Waals surface area (Å²) in [4.78, 5) is 7.69. The lowest BCUT2D eigenvalue weighted by molar-refractivity contribution is 0.330. The van der Waals surface area contributed by atoms with Crippen LogP contribution in [0.1, 0.15) is 39.4 Å². The van der Waals surface area contributed by atoms with E-state index in [1.807, 2.05) is 0 Å². The maximum Gasteiger partial charge on any atom is 0.125 e. The smallest absolute Gasteiger partial charge is 0.125 e. The Balaban J connectivity index is 2.47. The number of nitrogens with zero attached hydrogens (tertiary/aromatic N) is 1. The Morgan fingerprint density at radius 2 is 2.00 bits per heavy atom. The van der Waals surface area contributed by atoms with Crippen molar-refractivity contribution in [3.63, 3.8) is 0 Å². The topological polar surface area (TPSA) is 28.7 Å². The molecule has 0 saturated heterocycles. The third-order valence-electron chi connectivity index (χ3n) is 3.17. The summed E-state index contributed by atoms with van der Waals surface area (Å²) in [6, 6.07) is 4.63. The number of rotatable bonds is 1. The zero-order chi connectivity index (χ0) is 11.9. The van der Waals surface area contributed by atoms with Gasteiger partial charge >= 0.3 is 0 Å². The van der Waals surface area contributed by atoms with Crippen LogP contribution >= 0.6 is 0 Å². The normalized spacial score (nSPS) is 14.3. The van der Waals surface area contributed by atoms with Crippen LogP contribution in [0.5, 0.6) is 0 Å². The van der Waals surface area contributed by atoms with Gasteiger partial charge in [0.05, 0.1) is 11.0 Å². The van der Waals surface area contributed by atoms with Crippen molar-refractivity contribution in [3.8, 4) is 0 Å². The van der Waals surface area contributed by atoms with Gasteiger partial charge in [0, 0.05) is 5.92 Å². The molecule has 0 aliphatic rings. The number of imidazole rings is 1. The number of hydrogen-bond donors (Lipinski definition) is 1. The van der Waals surface area contributed by atoms with Crippen LogP contribution in [0.25, 0.3) is 11.0 Å². The molecule has 3 heteroatoms. The van der Waals surface area contributed by atoms with Crippen LogP contribution in [0.3, 0.4) is 0 Å². The number of fused-ring (bicyclic) bond motifs is 1. The minimum Gasteiger partial charge on any atom is -0.342 e. The van der Waals surface area contributed by atoms with E-state index in [4.69, 9.17) is 0 Å². The molecule has 0 bridgehead atoms. The first-order valence-electron chi connectivity index (χ1n) is 5.53. The standard InChI is InChI=1S/C13H17FN2/c1-8(13(2,3)4)12-15-10-6-5-9(14)7-11(10)16-12/h5-8H,1-4H3,(H,15,16)/t8-/m1/s1. The highest BCUT2D eigenvalue weighted by atomic mass is 19.1. The molecule has 1 heterocycles. The fourth-order valence-electron chi connectivity index (χ4n) is 1.62. The van der Waals surface area contributed by atoms with E-state index in [1.54, 1.807) is 6.07 Å². The van der Waals surface area contributed by atoms with Gasteiger partial charge in [-0.1, -0.05) is 27.7 Å². The van der Waals surface area contributed by atoms with Crippen molar-refractivity contribution in [1.82, 2.24) is 9.97 Å². The van der Waals surface area contributed by atoms with Gasteiger partial charge < -0.3 is 4.98 Å². The number of aromatic nitrogens is 2. The van der Waals surface area contributed by atoms with E-state index in [2.05, 4.69) is 37.7 Å². The van der Waals surface area contributed by atoms with Crippen molar-refractivity contribution >= 4 is 11.0 Å². The third-order valence-corrected chi connectivity index (χ3v) is 3.17. The van der Waals surface area contributed by atoms with E-state index in [0.717, 1.165) is 16.9 Å². The summed E-state index contributed by atoms with van der Waals surface area (Å²) < 4.78 is 13.0. The van der Waals surface area contributed by atoms with Crippen molar-refractivity contribution in [1.29, 1.82) is 0 Å². The predicted molar refractivity (Wildman–Crippen MR) is 63.9 cm³/mol. The van der Waals surface area contributed by atoms with Gasteiger partial charge in [-0.3, -0.25) is 0 Å². The number of H-pyrrole nitrogens is 1. The molecule has 1 aromatic carbocycles. The minimum absolute atomic E-state index is 0.145. The molecule has 0 aliphatic heterocycles. The largest absolute Gasteiger partial charge is 0.342 e. The van der Waals surface area contributed by atoms with Crippen LogP contribution in [0.2, 0.25) is 0 Å². The first kappa shape index (κ1) is 11.1. The second kappa shape index (κ2) is 3.58. The van der Waals surface area contributed by atoms with Gasteiger partial charge in [0.25, 0.3) is 0 Å². The summed E-state index contributed by atoms with van der Waals surface area (Å²) in [7, 11) is 0. The highest BCUT2D eigenvalue weighted by Gasteiger charge is 2.24. The van der Waals surface area contributed by atoms with Crippen LogP contribution in [-0.2, 0) is 0 Å². The maximum absolute atomic E-state index is 13.0. The van der Waals surface area contributed by atoms with E-state index in [1.165, 1.54) is 12.1 Å². The zero-order valence-electron chi connectivity index (χ0n) is 10.1. The molecule has 2 rings (SSSR count). The number of benzene rings is 1. The maximum atomic E-state index is 13.0. The molecule has 1 N–H and O–H groups in total. The summed E-state index contributed by atoms with van der Waals surface area (Å²) in [6.45, 7) is 8.65. The molecule has 16 heavy (non-hydrogen) atoms. The van der Waals surface area contributed by atoms with E-state index in [-0.39, 0.29) is 11.2 Å². The van der Waals surface area contributed by atoms with Crippen molar-refractivity contribution in [3.05, 3.63) is 29.8 Å². The number of halogens is 1. The number of hydrogen-bond acceptors (Lipinski definition) is 1. The SMILES string of the molecule is C[C@H](c1nc2ccc(F)cc2[nH]1)C(C)(C)C. The Hall–Kier alpha value is -1.38. The van der Waals surface area contributed by atoms with E-state index in [9.17, 15) is 4.39 Å². The zero-order valence-corrected chi connectivity index (χ0v) is 10.1. The summed E-state index contributed by atoms with van der Waals surface area (Å²) in [5.41, 5.74) is 1.74. The van der Waals surface area contributed by atoms with E-state index in [0.29, 0.717) is 5.92 Å². The Morgan fingerprint density at radius 3 is 2.62 bits per heavy atom. The van der Waals surface area contributed by atoms with Gasteiger partial charge in [0.2, 0.25) is 0 Å². The number of nitrogens with one attached hydrogen (secondary N) is 1. The third kappa shape index (κ3) is 1.94. The lowest BCUT2D eigenvalue weighted by atomic mass is 9.82. The van der Waals surface area contributed by atoms with Crippen LogP contribution in [0, 0.1) is 11.2 Å². The molecule has 1 atom stereocenters. The first-order valence-corrected chi connectivity index (χ1v) is 5.53. The Labute approximate surface area is 94.9 Å². The van der Waals surface area contributed by atoms with E-state index >= 15 is 0 Å². The lowest BCUT2D eigenvalue weighted by Crippen LogP contribution is -2.16. The first-order chi connectivity index (χ1) is 7.38. The van der Waals surface area contributed by atoms with Crippen molar-refractivity contribution in [2.75, 3.05) is 0 Å². The van der Waals surface area contributed by atoms with Crippen LogP contribution in [-0.4, -0.2) is 9.97 Å². The molecule has 86 valence electrons. The molecular weight excluding hydrogens is 203 g/mol. The molecule has 0 saturated carbocycles. The van der Waals surface area contributed by atoms with Crippen LogP contribution in [0.15, 0.2) is 18.2 Å². The summed E-state index contributed by atoms with van der Waals surface area (Å²) in [5, 5.41) is 0. The van der Waals surface area contributed by atoms with Gasteiger partial charge in [-0.05, 0) is 23.6 Å². The van der Waals surface area contributed by atoms with Gasteiger partial charge in [-0.2, -0.15) is 0 Å². The average molecular weight is 220 g/mol. The van der Waals surface area contributed by atoms with Gasteiger partial charge in [0.15, 0.2) is 0 Å². The molecule has 2 nitrogen and oxygen atoms in total.